The van der Waals surface area contributed by atoms with Gasteiger partial charge in [-0.05, 0) is 150 Å². The summed E-state index contributed by atoms with van der Waals surface area (Å²) in [5.41, 5.74) is 7.27. The number of aliphatic hydroxyl groups excluding tert-OH is 4. The molecule has 39 nitrogen and oxygen atoms in total. The molecule has 0 unspecified atom stereocenters. The number of rotatable bonds is 67. The Hall–Kier alpha value is -12.7. The topological polar surface area (TPSA) is 649 Å². The second kappa shape index (κ2) is 57.9. The number of nitrogens with one attached hydrogen (secondary N) is 8. The fourth-order valence-electron chi connectivity index (χ4n) is 15.7. The third kappa shape index (κ3) is 38.9. The molecule has 0 spiro atoms. The van der Waals surface area contributed by atoms with Crippen molar-refractivity contribution in [2.75, 3.05) is 39.4 Å². The van der Waals surface area contributed by atoms with E-state index >= 15 is 0 Å². The van der Waals surface area contributed by atoms with Gasteiger partial charge in [-0.15, -0.1) is 0 Å². The minimum atomic E-state index is -2.00. The summed E-state index contributed by atoms with van der Waals surface area (Å²) in [6.45, 7) is 8.02. The van der Waals surface area contributed by atoms with Gasteiger partial charge in [0.2, 0.25) is 47.3 Å². The Morgan fingerprint density at radius 3 is 1.37 bits per heavy atom. The number of benzene rings is 4. The average Bonchev–Trinajstić information content (AvgIpc) is 1.65. The van der Waals surface area contributed by atoms with Gasteiger partial charge in [0, 0.05) is 95.2 Å². The van der Waals surface area contributed by atoms with E-state index in [4.69, 9.17) is 5.73 Å². The van der Waals surface area contributed by atoms with Gasteiger partial charge in [0.15, 0.2) is 34.7 Å². The van der Waals surface area contributed by atoms with Gasteiger partial charge in [0.1, 0.15) is 23.3 Å². The molecule has 16 atom stereocenters. The molecule has 0 fully saturated rings. The van der Waals surface area contributed by atoms with Crippen LogP contribution >= 0.6 is 0 Å². The predicted molar refractivity (Wildman–Crippen MR) is 490 cm³/mol. The van der Waals surface area contributed by atoms with Crippen molar-refractivity contribution in [2.45, 2.75) is 245 Å². The van der Waals surface area contributed by atoms with Crippen molar-refractivity contribution in [3.63, 3.8) is 0 Å². The number of carbonyl (C=O) groups is 20. The van der Waals surface area contributed by atoms with Crippen LogP contribution in [0.1, 0.15) is 214 Å². The number of hydrogen-bond donors (Lipinski definition) is 18. The lowest BCUT2D eigenvalue weighted by Crippen LogP contribution is -2.52. The van der Waals surface area contributed by atoms with E-state index in [0.717, 1.165) is 18.7 Å². The molecular formula is C97H132N10O29. The Balaban J connectivity index is 1.27. The van der Waals surface area contributed by atoms with E-state index in [-0.39, 0.29) is 105 Å². The van der Waals surface area contributed by atoms with Crippen LogP contribution in [-0.4, -0.2) is 256 Å². The lowest BCUT2D eigenvalue weighted by atomic mass is 9.85. The molecule has 0 aromatic heterocycles. The normalized spacial score (nSPS) is 15.3. The van der Waals surface area contributed by atoms with Crippen molar-refractivity contribution in [1.82, 2.24) is 47.4 Å². The first kappa shape index (κ1) is 114. The summed E-state index contributed by atoms with van der Waals surface area (Å²) in [6, 6.07) is 16.7. The number of imide groups is 1. The summed E-state index contributed by atoms with van der Waals surface area (Å²) >= 11 is 0. The number of hydrogen-bond acceptors (Lipinski definition) is 27. The number of aliphatic hydroxyl groups is 4. The summed E-state index contributed by atoms with van der Waals surface area (Å²) in [5, 5.41) is 114. The molecule has 4 aromatic carbocycles. The summed E-state index contributed by atoms with van der Waals surface area (Å²) < 4.78 is 0. The number of unbranched alkanes of at least 4 members (excludes halogenated alkanes) is 2. The molecule has 19 N–H and O–H groups in total. The number of carboxylic acid groups (broad SMARTS) is 3. The average molecular weight is 1900 g/mol. The van der Waals surface area contributed by atoms with E-state index in [1.165, 1.54) is 60.7 Å². The maximum Gasteiger partial charge on any atom is 0.304 e. The smallest absolute Gasteiger partial charge is 0.304 e. The first-order valence-corrected chi connectivity index (χ1v) is 45.9. The van der Waals surface area contributed by atoms with Gasteiger partial charge in [-0.1, -0.05) is 107 Å². The second-order valence-electron chi connectivity index (χ2n) is 35.5. The number of ketones is 7. The fourth-order valence-corrected chi connectivity index (χ4v) is 15.7. The second-order valence-corrected chi connectivity index (χ2v) is 35.5. The number of aliphatic carboxylic acids is 3. The summed E-state index contributed by atoms with van der Waals surface area (Å²) in [7, 11) is 0. The highest BCUT2D eigenvalue weighted by Crippen LogP contribution is 2.28. The highest BCUT2D eigenvalue weighted by molar-refractivity contribution is 6.21. The number of phenols is 2. The molecule has 39 heteroatoms. The largest absolute Gasteiger partial charge is 0.508 e. The Bertz CT molecular complexity index is 4760. The Labute approximate surface area is 788 Å². The zero-order chi connectivity index (χ0) is 101. The lowest BCUT2D eigenvalue weighted by molar-refractivity contribution is -0.143. The minimum absolute atomic E-state index is 0.0226. The molecule has 5 rings (SSSR count). The standard InChI is InChI=1S/C97H132N10O29/c1-8-55(4)88(83(120)45-63(39-60-25-30-67(112)31-26-60)91(130)102-75(38-54(2)3)79(116)43-64(47-86(124)125)90(129)101-56(5)18-16-17-35-98)106-93(132)66(52-108)46-80(117)76(41-61-27-32-68(113)33-28-61)103-92(131)65(48-87(126)127)44-81(118)78(53-109)105-95(134)74(58(7)111)50-82(119)77(40-59-19-10-9-11-20-59)104-94(133)73(57(6)110)49-70(115)51-100-89(128)62(29-34-85(122)123)42-69(114)21-12-15-24-84(121)99-36-37-107-96(135)71-22-13-14-23-72(71)97(107)136/h9-11,13-14,19-20,22-23,25-28,30-33,54-58,62-66,73-78,88,108-113H,8,12,15-18,21,24,29,34-53,98H2,1-7H3,(H,99,121)(H,100,128)(H,101,129)(H,102,130)(H,103,131)(H,104,133)(H,105,134)(H,106,132)(H,122,123)(H,124,125)(H,126,127)/t55-,56+,57+,58+,62+,63+,64-,65-,66-,73-,74-,75-,76-,77-,78-,88-/m0/s1. The van der Waals surface area contributed by atoms with E-state index in [0.29, 0.717) is 36.9 Å². The summed E-state index contributed by atoms with van der Waals surface area (Å²) in [4.78, 5) is 274. The van der Waals surface area contributed by atoms with Crippen LogP contribution in [-0.2, 0) is 106 Å². The molecule has 0 bridgehead atoms. The first-order valence-electron chi connectivity index (χ1n) is 45.9. The molecule has 1 aliphatic rings. The van der Waals surface area contributed by atoms with Crippen LogP contribution in [0.3, 0.4) is 0 Å². The molecule has 0 radical (unpaired) electrons. The highest BCUT2D eigenvalue weighted by atomic mass is 16.4. The van der Waals surface area contributed by atoms with Crippen LogP contribution in [0.5, 0.6) is 11.5 Å². The predicted octanol–water partition coefficient (Wildman–Crippen LogP) is 2.95. The van der Waals surface area contributed by atoms with E-state index in [9.17, 15) is 142 Å². The molecule has 4 aromatic rings. The Morgan fingerprint density at radius 1 is 0.397 bits per heavy atom. The van der Waals surface area contributed by atoms with Gasteiger partial charge in [-0.3, -0.25) is 101 Å². The monoisotopic (exact) mass is 1900 g/mol. The van der Waals surface area contributed by atoms with Crippen molar-refractivity contribution in [1.29, 1.82) is 0 Å². The maximum atomic E-state index is 14.9. The van der Waals surface area contributed by atoms with Gasteiger partial charge in [-0.25, -0.2) is 0 Å². The van der Waals surface area contributed by atoms with E-state index in [2.05, 4.69) is 42.5 Å². The van der Waals surface area contributed by atoms with E-state index in [1.807, 2.05) is 0 Å². The van der Waals surface area contributed by atoms with Crippen molar-refractivity contribution in [2.24, 2.45) is 59.0 Å². The number of fused-ring (bicyclic) bond motifs is 1. The van der Waals surface area contributed by atoms with Gasteiger partial charge >= 0.3 is 17.9 Å². The number of amides is 10. The molecule has 10 amide bonds. The van der Waals surface area contributed by atoms with Crippen molar-refractivity contribution < 1.29 is 142 Å². The fraction of sp³-hybridized carbons (Fsp3) is 0.546. The molecule has 0 saturated carbocycles. The van der Waals surface area contributed by atoms with Crippen LogP contribution in [0.2, 0.25) is 0 Å². The zero-order valence-electron chi connectivity index (χ0n) is 77.9. The van der Waals surface area contributed by atoms with Crippen LogP contribution in [0.25, 0.3) is 0 Å². The van der Waals surface area contributed by atoms with Crippen LogP contribution in [0, 0.1) is 53.3 Å². The first-order chi connectivity index (χ1) is 64.4. The molecule has 136 heavy (non-hydrogen) atoms. The van der Waals surface area contributed by atoms with E-state index in [1.54, 1.807) is 77.1 Å². The van der Waals surface area contributed by atoms with Crippen molar-refractivity contribution >= 4 is 117 Å². The highest BCUT2D eigenvalue weighted by Gasteiger charge is 2.42. The molecule has 0 aliphatic carbocycles. The number of nitrogens with two attached hydrogens (primary N) is 1. The number of nitrogens with zero attached hydrogens (tertiary/aromatic N) is 1. The van der Waals surface area contributed by atoms with Crippen molar-refractivity contribution in [3.05, 3.63) is 131 Å². The van der Waals surface area contributed by atoms with Gasteiger partial charge in [0.05, 0.1) is 110 Å². The number of carboxylic acids is 3. The Morgan fingerprint density at radius 2 is 0.853 bits per heavy atom. The molecular weight excluding hydrogens is 1770 g/mol. The quantitative estimate of drug-likeness (QED) is 0.0223. The molecule has 1 heterocycles. The van der Waals surface area contributed by atoms with Gasteiger partial charge in [-0.2, -0.15) is 0 Å². The number of aromatic hydroxyl groups is 2. The van der Waals surface area contributed by atoms with E-state index < -0.39 is 304 Å². The van der Waals surface area contributed by atoms with Gasteiger partial charge < -0.3 is 94.2 Å². The lowest BCUT2D eigenvalue weighted by Gasteiger charge is -2.28. The van der Waals surface area contributed by atoms with Crippen LogP contribution < -0.4 is 48.3 Å². The van der Waals surface area contributed by atoms with Crippen molar-refractivity contribution in [3.8, 4) is 11.5 Å². The molecule has 0 saturated heterocycles. The zero-order valence-corrected chi connectivity index (χ0v) is 77.9. The van der Waals surface area contributed by atoms with Crippen LogP contribution in [0.15, 0.2) is 103 Å². The maximum absolute atomic E-state index is 14.9. The number of Topliss-reactive ketones (excluding diaryl/α,β-unsaturated/α-hetero) is 7. The SMILES string of the molecule is CC[C@H](C)[C@H](NC(=O)[C@H](CO)CC(=O)[C@H](Cc1ccc(O)cc1)NC(=O)[C@H](CC(=O)O)CC(=O)[C@H](CO)NC(=O)[C@@H](CC(=O)[C@H](Cc1ccccc1)NC(=O)[C@@H](CC(=O)CNC(=O)[C@H](CCC(=O)O)CC(=O)CCCCC(=O)NCCN1C(=O)c2ccccc2C1=O)[C@@H](C)O)[C@@H](C)O)C(=O)C[C@@H](Cc1ccc(O)cc1)C(=O)N[C@@H](CC(C)C)C(=O)C[C@@H](CC(=O)O)C(=O)N[C@H](C)CCCCN. The summed E-state index contributed by atoms with van der Waals surface area (Å²) in [6.07, 6.45) is -9.96. The number of carbonyl (C=O) groups excluding carboxylic acids is 17. The Kier molecular flexibility index (Phi) is 48.4. The molecule has 744 valence electrons. The molecule has 1 aliphatic heterocycles. The minimum Gasteiger partial charge on any atom is -0.508 e. The summed E-state index contributed by atoms with van der Waals surface area (Å²) in [5.74, 6) is -30.9. The van der Waals surface area contributed by atoms with Crippen LogP contribution in [0.4, 0.5) is 0 Å². The van der Waals surface area contributed by atoms with Gasteiger partial charge in [0.25, 0.3) is 11.8 Å². The third-order valence-corrected chi connectivity index (χ3v) is 23.8. The number of phenolic OH excluding ortho intramolecular Hbond substituents is 2. The third-order valence-electron chi connectivity index (χ3n) is 23.8.